The van der Waals surface area contributed by atoms with Crippen molar-refractivity contribution >= 4 is 22.4 Å². The highest BCUT2D eigenvalue weighted by molar-refractivity contribution is 5.99. The van der Waals surface area contributed by atoms with Gasteiger partial charge in [0.25, 0.3) is 0 Å². The summed E-state index contributed by atoms with van der Waals surface area (Å²) in [7, 11) is 0. The van der Waals surface area contributed by atoms with Crippen LogP contribution in [0.4, 0.5) is 10.1 Å². The molecule has 3 aromatic carbocycles. The van der Waals surface area contributed by atoms with Crippen molar-refractivity contribution in [3.63, 3.8) is 0 Å². The summed E-state index contributed by atoms with van der Waals surface area (Å²) in [5.41, 5.74) is 1.81. The molecule has 0 fully saturated rings. The zero-order valence-electron chi connectivity index (χ0n) is 13.1. The van der Waals surface area contributed by atoms with Gasteiger partial charge in [-0.2, -0.15) is 5.26 Å². The van der Waals surface area contributed by atoms with Crippen molar-refractivity contribution in [2.24, 2.45) is 0 Å². The van der Waals surface area contributed by atoms with Gasteiger partial charge >= 0.3 is 0 Å². The fourth-order valence-corrected chi connectivity index (χ4v) is 2.72. The lowest BCUT2D eigenvalue weighted by molar-refractivity contribution is -0.117. The molecule has 0 radical (unpaired) electrons. The van der Waals surface area contributed by atoms with E-state index in [0.29, 0.717) is 16.6 Å². The Hall–Kier alpha value is -3.19. The molecule has 1 N–H and O–H groups in total. The minimum absolute atomic E-state index is 0.207. The standard InChI is InChI=1S/C20H15FN2O/c1-13(20(24)23-15-6-4-5-14(11-15)12-22)16-9-10-19(21)18-8-3-2-7-17(16)18/h2-11,13H,1H3,(H,23,24). The molecule has 1 unspecified atom stereocenters. The minimum atomic E-state index is -0.457. The van der Waals surface area contributed by atoms with Crippen LogP contribution in [0.1, 0.15) is 24.0 Å². The van der Waals surface area contributed by atoms with Crippen LogP contribution in [-0.4, -0.2) is 5.91 Å². The smallest absolute Gasteiger partial charge is 0.231 e. The summed E-state index contributed by atoms with van der Waals surface area (Å²) in [6, 6.07) is 18.9. The Morgan fingerprint density at radius 3 is 2.58 bits per heavy atom. The third-order valence-electron chi connectivity index (χ3n) is 4.02. The van der Waals surface area contributed by atoms with Gasteiger partial charge in [0.05, 0.1) is 17.6 Å². The van der Waals surface area contributed by atoms with Crippen LogP contribution in [-0.2, 0) is 4.79 Å². The average Bonchev–Trinajstić information content (AvgIpc) is 2.62. The molecular formula is C20H15FN2O. The van der Waals surface area contributed by atoms with Gasteiger partial charge in [-0.15, -0.1) is 0 Å². The van der Waals surface area contributed by atoms with E-state index in [1.165, 1.54) is 6.07 Å². The van der Waals surface area contributed by atoms with E-state index in [1.54, 1.807) is 49.4 Å². The van der Waals surface area contributed by atoms with Gasteiger partial charge in [0.15, 0.2) is 0 Å². The summed E-state index contributed by atoms with van der Waals surface area (Å²) in [6.45, 7) is 1.78. The number of rotatable bonds is 3. The van der Waals surface area contributed by atoms with Crippen LogP contribution < -0.4 is 5.32 Å². The Labute approximate surface area is 139 Å². The molecule has 4 heteroatoms. The van der Waals surface area contributed by atoms with E-state index in [4.69, 9.17) is 5.26 Å². The number of nitrogens with one attached hydrogen (secondary N) is 1. The van der Waals surface area contributed by atoms with E-state index >= 15 is 0 Å². The Bertz CT molecular complexity index is 959. The summed E-state index contributed by atoms with van der Waals surface area (Å²) < 4.78 is 13.9. The van der Waals surface area contributed by atoms with Crippen molar-refractivity contribution in [3.05, 3.63) is 77.6 Å². The second-order valence-electron chi connectivity index (χ2n) is 5.59. The molecule has 3 rings (SSSR count). The fourth-order valence-electron chi connectivity index (χ4n) is 2.72. The number of nitrogens with zero attached hydrogens (tertiary/aromatic N) is 1. The highest BCUT2D eigenvalue weighted by atomic mass is 19.1. The van der Waals surface area contributed by atoms with Gasteiger partial charge in [-0.25, -0.2) is 4.39 Å². The molecule has 0 aliphatic carbocycles. The van der Waals surface area contributed by atoms with Crippen molar-refractivity contribution < 1.29 is 9.18 Å². The first kappa shape index (κ1) is 15.7. The van der Waals surface area contributed by atoms with Gasteiger partial charge in [-0.3, -0.25) is 4.79 Å². The van der Waals surface area contributed by atoms with Crippen molar-refractivity contribution in [2.75, 3.05) is 5.32 Å². The maximum Gasteiger partial charge on any atom is 0.231 e. The number of hydrogen-bond acceptors (Lipinski definition) is 2. The predicted octanol–water partition coefficient (Wildman–Crippen LogP) is 4.59. The lowest BCUT2D eigenvalue weighted by Gasteiger charge is -2.15. The molecule has 1 atom stereocenters. The maximum atomic E-state index is 13.9. The zero-order chi connectivity index (χ0) is 17.1. The number of amides is 1. The third kappa shape index (κ3) is 2.97. The normalized spacial score (nSPS) is 11.7. The van der Waals surface area contributed by atoms with Crippen LogP contribution in [0.15, 0.2) is 60.7 Å². The van der Waals surface area contributed by atoms with E-state index in [-0.39, 0.29) is 11.7 Å². The quantitative estimate of drug-likeness (QED) is 0.767. The SMILES string of the molecule is CC(C(=O)Nc1cccc(C#N)c1)c1ccc(F)c2ccccc12. The number of anilines is 1. The summed E-state index contributed by atoms with van der Waals surface area (Å²) >= 11 is 0. The van der Waals surface area contributed by atoms with E-state index in [9.17, 15) is 9.18 Å². The molecule has 24 heavy (non-hydrogen) atoms. The lowest BCUT2D eigenvalue weighted by atomic mass is 9.94. The van der Waals surface area contributed by atoms with Crippen LogP contribution >= 0.6 is 0 Å². The molecule has 0 spiro atoms. The molecule has 3 nitrogen and oxygen atoms in total. The van der Waals surface area contributed by atoms with Crippen LogP contribution in [0.5, 0.6) is 0 Å². The van der Waals surface area contributed by atoms with Crippen molar-refractivity contribution in [3.8, 4) is 6.07 Å². The molecule has 0 aliphatic heterocycles. The highest BCUT2D eigenvalue weighted by Gasteiger charge is 2.19. The topological polar surface area (TPSA) is 52.9 Å². The van der Waals surface area contributed by atoms with Crippen LogP contribution in [0.25, 0.3) is 10.8 Å². The summed E-state index contributed by atoms with van der Waals surface area (Å²) in [6.07, 6.45) is 0. The molecule has 0 saturated carbocycles. The number of carbonyl (C=O) groups excluding carboxylic acids is 1. The Morgan fingerprint density at radius 2 is 1.83 bits per heavy atom. The Kier molecular flexibility index (Phi) is 4.26. The van der Waals surface area contributed by atoms with E-state index in [1.807, 2.05) is 18.2 Å². The molecule has 0 aromatic heterocycles. The zero-order valence-corrected chi connectivity index (χ0v) is 13.1. The Balaban J connectivity index is 1.91. The summed E-state index contributed by atoms with van der Waals surface area (Å²) in [5.74, 6) is -0.966. The molecular weight excluding hydrogens is 303 g/mol. The van der Waals surface area contributed by atoms with Gasteiger partial charge in [0.2, 0.25) is 5.91 Å². The average molecular weight is 318 g/mol. The lowest BCUT2D eigenvalue weighted by Crippen LogP contribution is -2.19. The van der Waals surface area contributed by atoms with Gasteiger partial charge in [0, 0.05) is 11.1 Å². The molecule has 3 aromatic rings. The molecule has 118 valence electrons. The molecule has 0 heterocycles. The van der Waals surface area contributed by atoms with Gasteiger partial charge < -0.3 is 5.32 Å². The summed E-state index contributed by atoms with van der Waals surface area (Å²) in [5, 5.41) is 13.0. The maximum absolute atomic E-state index is 13.9. The third-order valence-corrected chi connectivity index (χ3v) is 4.02. The van der Waals surface area contributed by atoms with Crippen LogP contribution in [0.3, 0.4) is 0 Å². The van der Waals surface area contributed by atoms with Crippen molar-refractivity contribution in [1.29, 1.82) is 5.26 Å². The van der Waals surface area contributed by atoms with Gasteiger partial charge in [0.1, 0.15) is 5.82 Å². The largest absolute Gasteiger partial charge is 0.326 e. The van der Waals surface area contributed by atoms with E-state index < -0.39 is 5.92 Å². The minimum Gasteiger partial charge on any atom is -0.326 e. The number of benzene rings is 3. The molecule has 0 aliphatic rings. The first-order valence-corrected chi connectivity index (χ1v) is 7.58. The van der Waals surface area contributed by atoms with Crippen LogP contribution in [0, 0.1) is 17.1 Å². The summed E-state index contributed by atoms with van der Waals surface area (Å²) in [4.78, 5) is 12.6. The molecule has 0 bridgehead atoms. The predicted molar refractivity (Wildman–Crippen MR) is 92.1 cm³/mol. The number of carbonyl (C=O) groups is 1. The van der Waals surface area contributed by atoms with Crippen LogP contribution in [0.2, 0.25) is 0 Å². The Morgan fingerprint density at radius 1 is 1.08 bits per heavy atom. The highest BCUT2D eigenvalue weighted by Crippen LogP contribution is 2.28. The second kappa shape index (κ2) is 6.51. The fraction of sp³-hybridized carbons (Fsp3) is 0.100. The van der Waals surface area contributed by atoms with Crippen molar-refractivity contribution in [1.82, 2.24) is 0 Å². The first-order valence-electron chi connectivity index (χ1n) is 7.58. The van der Waals surface area contributed by atoms with Gasteiger partial charge in [-0.05, 0) is 42.1 Å². The first-order chi connectivity index (χ1) is 11.6. The second-order valence-corrected chi connectivity index (χ2v) is 5.59. The van der Waals surface area contributed by atoms with E-state index in [0.717, 1.165) is 10.9 Å². The van der Waals surface area contributed by atoms with Crippen molar-refractivity contribution in [2.45, 2.75) is 12.8 Å². The van der Waals surface area contributed by atoms with Gasteiger partial charge in [-0.1, -0.05) is 36.4 Å². The number of nitriles is 1. The molecule has 0 saturated heterocycles. The number of hydrogen-bond donors (Lipinski definition) is 1. The molecule has 1 amide bonds. The van der Waals surface area contributed by atoms with E-state index in [2.05, 4.69) is 5.32 Å². The number of halogens is 1. The monoisotopic (exact) mass is 318 g/mol. The number of fused-ring (bicyclic) bond motifs is 1.